The summed E-state index contributed by atoms with van der Waals surface area (Å²) in [6.45, 7) is 4.12. The average Bonchev–Trinajstić information content (AvgIpc) is 2.17. The molecule has 0 unspecified atom stereocenters. The topological polar surface area (TPSA) is 29.1 Å². The zero-order valence-corrected chi connectivity index (χ0v) is 12.3. The fourth-order valence-corrected chi connectivity index (χ4v) is 2.60. The van der Waals surface area contributed by atoms with Crippen LogP contribution >= 0.6 is 34.2 Å². The molecular weight excluding hydrogens is 336 g/mol. The van der Waals surface area contributed by atoms with E-state index in [0.717, 1.165) is 16.4 Å². The zero-order chi connectivity index (χ0) is 12.1. The molecule has 1 aromatic carbocycles. The number of carbonyl (C=O) groups excluding carboxylic acids is 1. The predicted octanol–water partition coefficient (Wildman–Crippen LogP) is 3.86. The van der Waals surface area contributed by atoms with E-state index in [1.807, 2.05) is 6.92 Å². The lowest BCUT2D eigenvalue weighted by molar-refractivity contribution is 0.0937. The smallest absolute Gasteiger partial charge is 0.252 e. The third-order valence-corrected chi connectivity index (χ3v) is 3.40. The van der Waals surface area contributed by atoms with Crippen LogP contribution in [0.1, 0.15) is 37.0 Å². The Bertz CT molecular complexity index is 381. The highest BCUT2D eigenvalue weighted by atomic mass is 127. The van der Waals surface area contributed by atoms with Gasteiger partial charge in [0.25, 0.3) is 5.91 Å². The lowest BCUT2D eigenvalue weighted by Crippen LogP contribution is -2.32. The van der Waals surface area contributed by atoms with E-state index < -0.39 is 0 Å². The Morgan fingerprint density at radius 3 is 2.81 bits per heavy atom. The molecule has 0 bridgehead atoms. The van der Waals surface area contributed by atoms with Gasteiger partial charge in [0.15, 0.2) is 0 Å². The maximum atomic E-state index is 11.9. The number of hydrogen-bond acceptors (Lipinski definition) is 1. The molecule has 0 aliphatic rings. The number of nitrogens with one attached hydrogen (secondary N) is 1. The number of carbonyl (C=O) groups is 1. The second kappa shape index (κ2) is 6.45. The zero-order valence-electron chi connectivity index (χ0n) is 9.39. The van der Waals surface area contributed by atoms with E-state index in [-0.39, 0.29) is 11.9 Å². The van der Waals surface area contributed by atoms with E-state index in [0.29, 0.717) is 10.6 Å². The molecule has 1 aromatic rings. The minimum Gasteiger partial charge on any atom is -0.350 e. The highest BCUT2D eigenvalue weighted by Gasteiger charge is 2.12. The summed E-state index contributed by atoms with van der Waals surface area (Å²) >= 11 is 7.96. The second-order valence-electron chi connectivity index (χ2n) is 3.79. The Morgan fingerprint density at radius 2 is 2.25 bits per heavy atom. The first-order valence-electron chi connectivity index (χ1n) is 5.30. The molecule has 88 valence electrons. The molecule has 0 radical (unpaired) electrons. The molecule has 1 rings (SSSR count). The van der Waals surface area contributed by atoms with Crippen LogP contribution in [0.2, 0.25) is 5.02 Å². The molecule has 1 amide bonds. The molecule has 1 N–H and O–H groups in total. The first-order chi connectivity index (χ1) is 7.54. The minimum atomic E-state index is -0.0259. The molecule has 0 saturated heterocycles. The molecule has 0 spiro atoms. The Hall–Kier alpha value is -0.290. The van der Waals surface area contributed by atoms with Crippen LogP contribution in [0.5, 0.6) is 0 Å². The van der Waals surface area contributed by atoms with Gasteiger partial charge in [-0.25, -0.2) is 0 Å². The molecule has 0 aromatic heterocycles. The predicted molar refractivity (Wildman–Crippen MR) is 76.0 cm³/mol. The Morgan fingerprint density at radius 1 is 1.56 bits per heavy atom. The Balaban J connectivity index is 2.73. The Labute approximate surface area is 115 Å². The number of halogens is 2. The summed E-state index contributed by atoms with van der Waals surface area (Å²) in [6, 6.07) is 5.51. The van der Waals surface area contributed by atoms with Crippen molar-refractivity contribution in [3.8, 4) is 0 Å². The molecule has 4 heteroatoms. The van der Waals surface area contributed by atoms with E-state index in [4.69, 9.17) is 11.6 Å². The van der Waals surface area contributed by atoms with Gasteiger partial charge in [0.1, 0.15) is 0 Å². The van der Waals surface area contributed by atoms with Crippen LogP contribution in [0.4, 0.5) is 0 Å². The third kappa shape index (κ3) is 3.94. The van der Waals surface area contributed by atoms with E-state index >= 15 is 0 Å². The molecule has 0 aliphatic heterocycles. The lowest BCUT2D eigenvalue weighted by Gasteiger charge is -2.13. The van der Waals surface area contributed by atoms with Crippen molar-refractivity contribution in [1.82, 2.24) is 5.32 Å². The number of rotatable bonds is 4. The van der Waals surface area contributed by atoms with Gasteiger partial charge < -0.3 is 5.32 Å². The van der Waals surface area contributed by atoms with Crippen LogP contribution < -0.4 is 5.32 Å². The summed E-state index contributed by atoms with van der Waals surface area (Å²) in [6.07, 6.45) is 2.06. The van der Waals surface area contributed by atoms with Crippen molar-refractivity contribution >= 4 is 40.1 Å². The van der Waals surface area contributed by atoms with Gasteiger partial charge in [0.2, 0.25) is 0 Å². The average molecular weight is 352 g/mol. The summed E-state index contributed by atoms with van der Waals surface area (Å²) in [5.74, 6) is -0.0259. The maximum absolute atomic E-state index is 11.9. The second-order valence-corrected chi connectivity index (χ2v) is 5.39. The fraction of sp³-hybridized carbons (Fsp3) is 0.417. The van der Waals surface area contributed by atoms with Crippen LogP contribution in [-0.4, -0.2) is 11.9 Å². The fourth-order valence-electron chi connectivity index (χ4n) is 1.48. The maximum Gasteiger partial charge on any atom is 0.252 e. The first kappa shape index (κ1) is 13.8. The van der Waals surface area contributed by atoms with Gasteiger partial charge in [-0.2, -0.15) is 0 Å². The van der Waals surface area contributed by atoms with Crippen LogP contribution in [0.3, 0.4) is 0 Å². The molecule has 0 heterocycles. The molecular formula is C12H15ClINO. The summed E-state index contributed by atoms with van der Waals surface area (Å²) in [5.41, 5.74) is 0.688. The van der Waals surface area contributed by atoms with Crippen molar-refractivity contribution in [2.75, 3.05) is 0 Å². The molecule has 0 fully saturated rings. The van der Waals surface area contributed by atoms with Gasteiger partial charge in [-0.1, -0.05) is 24.9 Å². The van der Waals surface area contributed by atoms with Gasteiger partial charge in [0, 0.05) is 14.6 Å². The largest absolute Gasteiger partial charge is 0.350 e. The normalized spacial score (nSPS) is 12.2. The molecule has 0 aliphatic carbocycles. The van der Waals surface area contributed by atoms with Gasteiger partial charge in [-0.15, -0.1) is 0 Å². The minimum absolute atomic E-state index is 0.0259. The van der Waals surface area contributed by atoms with Crippen LogP contribution in [0, 0.1) is 3.57 Å². The molecule has 1 atom stereocenters. The molecule has 0 saturated carbocycles. The van der Waals surface area contributed by atoms with Crippen molar-refractivity contribution in [3.05, 3.63) is 32.4 Å². The first-order valence-corrected chi connectivity index (χ1v) is 6.76. The monoisotopic (exact) mass is 351 g/mol. The van der Waals surface area contributed by atoms with Crippen LogP contribution in [-0.2, 0) is 0 Å². The van der Waals surface area contributed by atoms with Crippen molar-refractivity contribution in [1.29, 1.82) is 0 Å². The van der Waals surface area contributed by atoms with Gasteiger partial charge in [0.05, 0.1) is 5.56 Å². The number of amides is 1. The van der Waals surface area contributed by atoms with Gasteiger partial charge in [-0.05, 0) is 54.1 Å². The van der Waals surface area contributed by atoms with E-state index in [2.05, 4.69) is 34.8 Å². The highest BCUT2D eigenvalue weighted by molar-refractivity contribution is 14.1. The molecule has 2 nitrogen and oxygen atoms in total. The third-order valence-electron chi connectivity index (χ3n) is 2.27. The van der Waals surface area contributed by atoms with Crippen LogP contribution in [0.25, 0.3) is 0 Å². The van der Waals surface area contributed by atoms with E-state index in [1.165, 1.54) is 0 Å². The van der Waals surface area contributed by atoms with E-state index in [9.17, 15) is 4.79 Å². The standard InChI is InChI=1S/C12H15ClINO/c1-3-4-8(2)15-12(16)10-6-5-9(13)7-11(10)14/h5-8H,3-4H2,1-2H3,(H,15,16)/t8-/m1/s1. The summed E-state index contributed by atoms with van der Waals surface area (Å²) < 4.78 is 0.881. The summed E-state index contributed by atoms with van der Waals surface area (Å²) in [7, 11) is 0. The van der Waals surface area contributed by atoms with Crippen molar-refractivity contribution in [2.45, 2.75) is 32.7 Å². The quantitative estimate of drug-likeness (QED) is 0.820. The Kier molecular flexibility index (Phi) is 5.55. The number of hydrogen-bond donors (Lipinski definition) is 1. The highest BCUT2D eigenvalue weighted by Crippen LogP contribution is 2.18. The summed E-state index contributed by atoms with van der Waals surface area (Å²) in [5, 5.41) is 3.63. The number of benzene rings is 1. The van der Waals surface area contributed by atoms with Gasteiger partial charge in [-0.3, -0.25) is 4.79 Å². The van der Waals surface area contributed by atoms with Crippen LogP contribution in [0.15, 0.2) is 18.2 Å². The summed E-state index contributed by atoms with van der Waals surface area (Å²) in [4.78, 5) is 11.9. The van der Waals surface area contributed by atoms with Crippen molar-refractivity contribution in [3.63, 3.8) is 0 Å². The molecule has 16 heavy (non-hydrogen) atoms. The van der Waals surface area contributed by atoms with Gasteiger partial charge >= 0.3 is 0 Å². The van der Waals surface area contributed by atoms with E-state index in [1.54, 1.807) is 18.2 Å². The van der Waals surface area contributed by atoms with Crippen molar-refractivity contribution < 1.29 is 4.79 Å². The SMILES string of the molecule is CCC[C@@H](C)NC(=O)c1ccc(Cl)cc1I. The van der Waals surface area contributed by atoms with Crippen molar-refractivity contribution in [2.24, 2.45) is 0 Å². The lowest BCUT2D eigenvalue weighted by atomic mass is 10.1.